The van der Waals surface area contributed by atoms with E-state index in [-0.39, 0.29) is 16.8 Å². The number of primary sulfonamides is 1. The van der Waals surface area contributed by atoms with Crippen LogP contribution in [0.25, 0.3) is 0 Å². The molecule has 1 amide bonds. The van der Waals surface area contributed by atoms with Crippen LogP contribution in [0.1, 0.15) is 25.5 Å². The zero-order valence-corrected chi connectivity index (χ0v) is 16.7. The van der Waals surface area contributed by atoms with E-state index in [1.165, 1.54) is 12.1 Å². The number of hydrogen-bond donors (Lipinski definition) is 3. The number of anilines is 2. The van der Waals surface area contributed by atoms with E-state index >= 15 is 0 Å². The molecule has 2 atom stereocenters. The number of rotatable bonds is 7. The van der Waals surface area contributed by atoms with Gasteiger partial charge in [0.15, 0.2) is 0 Å². The lowest BCUT2D eigenvalue weighted by Crippen LogP contribution is -2.39. The van der Waals surface area contributed by atoms with Gasteiger partial charge in [-0.15, -0.1) is 0 Å². The summed E-state index contributed by atoms with van der Waals surface area (Å²) in [6, 6.07) is 13.5. The second-order valence-electron chi connectivity index (χ2n) is 6.63. The Hall–Kier alpha value is -2.58. The zero-order valence-electron chi connectivity index (χ0n) is 15.9. The fraction of sp³-hybridized carbons (Fsp3) is 0.316. The third kappa shape index (κ3) is 5.45. The largest absolute Gasteiger partial charge is 0.376 e. The van der Waals surface area contributed by atoms with Crippen molar-refractivity contribution < 1.29 is 13.2 Å². The summed E-state index contributed by atoms with van der Waals surface area (Å²) in [5.74, 6) is -0.197. The molecule has 0 radical (unpaired) electrons. The molecular formula is C19H26N4O3S. The van der Waals surface area contributed by atoms with Gasteiger partial charge >= 0.3 is 0 Å². The predicted octanol–water partition coefficient (Wildman–Crippen LogP) is 2.08. The Morgan fingerprint density at radius 1 is 1.07 bits per heavy atom. The average Bonchev–Trinajstić information content (AvgIpc) is 2.61. The standard InChI is InChI=1S/C19H26N4O3S/c1-13(15-8-6-5-7-9-15)22-19(24)14(2)21-17-12-16(27(20,25)26)10-11-18(17)23(3)4/h5-14,21H,1-4H3,(H,22,24)(H2,20,25,26)/t13-,14-/m0/s1. The molecule has 0 aromatic heterocycles. The molecule has 0 aliphatic carbocycles. The van der Waals surface area contributed by atoms with E-state index in [1.54, 1.807) is 13.0 Å². The molecule has 4 N–H and O–H groups in total. The normalized spacial score (nSPS) is 13.5. The molecule has 2 aromatic carbocycles. The van der Waals surface area contributed by atoms with Gasteiger partial charge < -0.3 is 15.5 Å². The van der Waals surface area contributed by atoms with Crippen molar-refractivity contribution in [1.29, 1.82) is 0 Å². The summed E-state index contributed by atoms with van der Waals surface area (Å²) in [5.41, 5.74) is 2.27. The van der Waals surface area contributed by atoms with Crippen molar-refractivity contribution in [1.82, 2.24) is 5.32 Å². The van der Waals surface area contributed by atoms with Crippen molar-refractivity contribution >= 4 is 27.3 Å². The van der Waals surface area contributed by atoms with Gasteiger partial charge in [-0.25, -0.2) is 13.6 Å². The molecule has 27 heavy (non-hydrogen) atoms. The number of carbonyl (C=O) groups is 1. The lowest BCUT2D eigenvalue weighted by molar-refractivity contribution is -0.122. The lowest BCUT2D eigenvalue weighted by atomic mass is 10.1. The quantitative estimate of drug-likeness (QED) is 0.671. The predicted molar refractivity (Wildman–Crippen MR) is 108 cm³/mol. The fourth-order valence-corrected chi connectivity index (χ4v) is 3.20. The minimum Gasteiger partial charge on any atom is -0.376 e. The minimum absolute atomic E-state index is 0.0131. The van der Waals surface area contributed by atoms with E-state index in [2.05, 4.69) is 10.6 Å². The lowest BCUT2D eigenvalue weighted by Gasteiger charge is -2.23. The molecule has 0 heterocycles. The Balaban J connectivity index is 2.18. The average molecular weight is 391 g/mol. The van der Waals surface area contributed by atoms with Gasteiger partial charge in [0.25, 0.3) is 0 Å². The molecule has 0 bridgehead atoms. The highest BCUT2D eigenvalue weighted by molar-refractivity contribution is 7.89. The number of benzene rings is 2. The second-order valence-corrected chi connectivity index (χ2v) is 8.19. The number of hydrogen-bond acceptors (Lipinski definition) is 5. The van der Waals surface area contributed by atoms with Crippen LogP contribution in [0.4, 0.5) is 11.4 Å². The summed E-state index contributed by atoms with van der Waals surface area (Å²) >= 11 is 0. The minimum atomic E-state index is -3.84. The molecule has 0 fully saturated rings. The Morgan fingerprint density at radius 2 is 1.70 bits per heavy atom. The highest BCUT2D eigenvalue weighted by atomic mass is 32.2. The first kappa shape index (κ1) is 20.7. The van der Waals surface area contributed by atoms with E-state index in [0.717, 1.165) is 11.3 Å². The molecule has 146 valence electrons. The van der Waals surface area contributed by atoms with Crippen LogP contribution in [0.15, 0.2) is 53.4 Å². The molecule has 8 heteroatoms. The van der Waals surface area contributed by atoms with Crippen molar-refractivity contribution in [2.45, 2.75) is 30.8 Å². The van der Waals surface area contributed by atoms with E-state index in [9.17, 15) is 13.2 Å². The highest BCUT2D eigenvalue weighted by Crippen LogP contribution is 2.28. The van der Waals surface area contributed by atoms with Gasteiger partial charge in [0.2, 0.25) is 15.9 Å². The summed E-state index contributed by atoms with van der Waals surface area (Å²) in [7, 11) is -0.173. The molecule has 2 aromatic rings. The van der Waals surface area contributed by atoms with Crippen LogP contribution in [-0.2, 0) is 14.8 Å². The van der Waals surface area contributed by atoms with Gasteiger partial charge in [0.1, 0.15) is 6.04 Å². The molecule has 7 nitrogen and oxygen atoms in total. The number of nitrogens with zero attached hydrogens (tertiary/aromatic N) is 1. The first-order valence-corrected chi connectivity index (χ1v) is 10.1. The summed E-state index contributed by atoms with van der Waals surface area (Å²) in [4.78, 5) is 14.4. The number of nitrogens with two attached hydrogens (primary N) is 1. The summed E-state index contributed by atoms with van der Waals surface area (Å²) in [5, 5.41) is 11.3. The SMILES string of the molecule is C[C@H](Nc1cc(S(N)(=O)=O)ccc1N(C)C)C(=O)N[C@@H](C)c1ccccc1. The maximum absolute atomic E-state index is 12.6. The number of amides is 1. The highest BCUT2D eigenvalue weighted by Gasteiger charge is 2.19. The molecule has 0 saturated heterocycles. The van der Waals surface area contributed by atoms with Gasteiger partial charge in [-0.05, 0) is 37.6 Å². The van der Waals surface area contributed by atoms with Crippen LogP contribution in [0.5, 0.6) is 0 Å². The topological polar surface area (TPSA) is 105 Å². The second kappa shape index (κ2) is 8.41. The summed E-state index contributed by atoms with van der Waals surface area (Å²) in [6.45, 7) is 3.63. The van der Waals surface area contributed by atoms with Crippen molar-refractivity contribution in [3.05, 3.63) is 54.1 Å². The molecule has 0 unspecified atom stereocenters. The Bertz CT molecular complexity index is 898. The molecule has 0 aliphatic heterocycles. The van der Waals surface area contributed by atoms with Crippen LogP contribution in [0, 0.1) is 0 Å². The van der Waals surface area contributed by atoms with Crippen LogP contribution < -0.4 is 20.7 Å². The van der Waals surface area contributed by atoms with Crippen LogP contribution in [0.3, 0.4) is 0 Å². The van der Waals surface area contributed by atoms with Gasteiger partial charge in [0, 0.05) is 14.1 Å². The first-order valence-electron chi connectivity index (χ1n) is 8.55. The third-order valence-corrected chi connectivity index (χ3v) is 5.11. The van der Waals surface area contributed by atoms with Crippen molar-refractivity contribution in [3.63, 3.8) is 0 Å². The maximum atomic E-state index is 12.6. The van der Waals surface area contributed by atoms with Crippen LogP contribution >= 0.6 is 0 Å². The maximum Gasteiger partial charge on any atom is 0.242 e. The van der Waals surface area contributed by atoms with E-state index in [1.807, 2.05) is 56.3 Å². The van der Waals surface area contributed by atoms with Gasteiger partial charge in [-0.1, -0.05) is 30.3 Å². The van der Waals surface area contributed by atoms with Crippen molar-refractivity contribution in [2.75, 3.05) is 24.3 Å². The zero-order chi connectivity index (χ0) is 20.2. The van der Waals surface area contributed by atoms with Gasteiger partial charge in [0.05, 0.1) is 22.3 Å². The molecule has 0 aliphatic rings. The molecule has 0 saturated carbocycles. The van der Waals surface area contributed by atoms with E-state index in [0.29, 0.717) is 5.69 Å². The fourth-order valence-electron chi connectivity index (χ4n) is 2.66. The number of nitrogens with one attached hydrogen (secondary N) is 2. The van der Waals surface area contributed by atoms with E-state index in [4.69, 9.17) is 5.14 Å². The van der Waals surface area contributed by atoms with Crippen molar-refractivity contribution in [2.24, 2.45) is 5.14 Å². The molecular weight excluding hydrogens is 364 g/mol. The summed E-state index contributed by atoms with van der Waals surface area (Å²) in [6.07, 6.45) is 0. The van der Waals surface area contributed by atoms with Gasteiger partial charge in [-0.3, -0.25) is 4.79 Å². The molecule has 2 rings (SSSR count). The van der Waals surface area contributed by atoms with Crippen LogP contribution in [-0.4, -0.2) is 34.5 Å². The smallest absolute Gasteiger partial charge is 0.242 e. The number of carbonyl (C=O) groups excluding carboxylic acids is 1. The monoisotopic (exact) mass is 390 g/mol. The Labute approximate surface area is 160 Å². The Kier molecular flexibility index (Phi) is 6.45. The summed E-state index contributed by atoms with van der Waals surface area (Å²) < 4.78 is 23.3. The van der Waals surface area contributed by atoms with Crippen LogP contribution in [0.2, 0.25) is 0 Å². The number of sulfonamides is 1. The Morgan fingerprint density at radius 3 is 2.26 bits per heavy atom. The first-order chi connectivity index (χ1) is 12.6. The molecule has 0 spiro atoms. The third-order valence-electron chi connectivity index (χ3n) is 4.20. The van der Waals surface area contributed by atoms with Crippen molar-refractivity contribution in [3.8, 4) is 0 Å². The van der Waals surface area contributed by atoms with Gasteiger partial charge in [-0.2, -0.15) is 0 Å². The van der Waals surface area contributed by atoms with E-state index < -0.39 is 16.1 Å².